The monoisotopic (exact) mass is 325 g/mol. The Kier molecular flexibility index (Phi) is 4.11. The van der Waals surface area contributed by atoms with Crippen molar-refractivity contribution in [2.75, 3.05) is 5.32 Å². The van der Waals surface area contributed by atoms with E-state index in [1.807, 2.05) is 36.0 Å². The van der Waals surface area contributed by atoms with Crippen LogP contribution in [-0.4, -0.2) is 36.3 Å². The largest absolute Gasteiger partial charge is 0.476 e. The average molecular weight is 325 g/mol. The van der Waals surface area contributed by atoms with Gasteiger partial charge >= 0.3 is 5.97 Å². The van der Waals surface area contributed by atoms with E-state index < -0.39 is 11.9 Å². The molecule has 0 aliphatic heterocycles. The summed E-state index contributed by atoms with van der Waals surface area (Å²) in [6.07, 6.45) is 6.71. The molecule has 0 bridgehead atoms. The third kappa shape index (κ3) is 3.02. The van der Waals surface area contributed by atoms with Crippen molar-refractivity contribution in [3.8, 4) is 5.69 Å². The quantitative estimate of drug-likeness (QED) is 0.747. The van der Waals surface area contributed by atoms with E-state index in [2.05, 4.69) is 15.4 Å². The molecule has 8 heteroatoms. The Labute approximate surface area is 137 Å². The summed E-state index contributed by atoms with van der Waals surface area (Å²) < 4.78 is 3.29. The molecule has 0 unspecified atom stereocenters. The Hall–Kier alpha value is -3.42. The molecule has 2 N–H and O–H groups in total. The first-order valence-corrected chi connectivity index (χ1v) is 7.30. The maximum absolute atomic E-state index is 12.4. The number of carbonyl (C=O) groups is 2. The molecule has 0 fully saturated rings. The van der Waals surface area contributed by atoms with E-state index in [0.29, 0.717) is 6.54 Å². The number of hydrogen-bond donors (Lipinski definition) is 2. The summed E-state index contributed by atoms with van der Waals surface area (Å²) in [5, 5.41) is 15.7. The highest BCUT2D eigenvalue weighted by atomic mass is 16.4. The number of aromatic nitrogens is 4. The molecule has 8 nitrogen and oxygen atoms in total. The van der Waals surface area contributed by atoms with E-state index in [-0.39, 0.29) is 17.1 Å². The van der Waals surface area contributed by atoms with E-state index in [9.17, 15) is 14.7 Å². The zero-order valence-corrected chi connectivity index (χ0v) is 12.9. The van der Waals surface area contributed by atoms with Crippen LogP contribution in [0.1, 0.15) is 27.9 Å². The minimum absolute atomic E-state index is 0.141. The molecule has 0 aliphatic rings. The molecule has 0 atom stereocenters. The number of nitrogens with one attached hydrogen (secondary N) is 1. The SMILES string of the molecule is CCn1cc(NC(=O)c2cc(-n3cccc3)ccn2)c(C(=O)O)n1. The summed E-state index contributed by atoms with van der Waals surface area (Å²) in [7, 11) is 0. The summed E-state index contributed by atoms with van der Waals surface area (Å²) >= 11 is 0. The van der Waals surface area contributed by atoms with Crippen molar-refractivity contribution in [1.29, 1.82) is 0 Å². The van der Waals surface area contributed by atoms with Gasteiger partial charge in [0.2, 0.25) is 0 Å². The summed E-state index contributed by atoms with van der Waals surface area (Å²) in [4.78, 5) is 27.7. The highest BCUT2D eigenvalue weighted by Crippen LogP contribution is 2.16. The molecule has 3 heterocycles. The zero-order valence-electron chi connectivity index (χ0n) is 12.9. The standard InChI is InChI=1S/C16H15N5O3/c1-2-21-10-13(14(19-21)16(23)24)18-15(22)12-9-11(5-6-17-12)20-7-3-4-8-20/h3-10H,2H2,1H3,(H,18,22)(H,23,24). The Bertz CT molecular complexity index is 883. The molecule has 0 saturated carbocycles. The van der Waals surface area contributed by atoms with Crippen molar-refractivity contribution >= 4 is 17.6 Å². The fourth-order valence-electron chi connectivity index (χ4n) is 2.23. The van der Waals surface area contributed by atoms with Gasteiger partial charge in [-0.25, -0.2) is 4.79 Å². The number of carbonyl (C=O) groups excluding carboxylic acids is 1. The van der Waals surface area contributed by atoms with Crippen molar-refractivity contribution in [1.82, 2.24) is 19.3 Å². The van der Waals surface area contributed by atoms with Crippen LogP contribution < -0.4 is 5.32 Å². The normalized spacial score (nSPS) is 10.5. The summed E-state index contributed by atoms with van der Waals surface area (Å²) in [5.74, 6) is -1.70. The van der Waals surface area contributed by atoms with Crippen LogP contribution in [0.5, 0.6) is 0 Å². The predicted octanol–water partition coefficient (Wildman–Crippen LogP) is 2.04. The number of nitrogens with zero attached hydrogens (tertiary/aromatic N) is 4. The van der Waals surface area contributed by atoms with Gasteiger partial charge in [-0.1, -0.05) is 0 Å². The van der Waals surface area contributed by atoms with Gasteiger partial charge in [-0.3, -0.25) is 14.5 Å². The zero-order chi connectivity index (χ0) is 17.1. The molecule has 3 rings (SSSR count). The van der Waals surface area contributed by atoms with E-state index in [0.717, 1.165) is 5.69 Å². The van der Waals surface area contributed by atoms with Crippen molar-refractivity contribution < 1.29 is 14.7 Å². The first-order chi connectivity index (χ1) is 11.6. The van der Waals surface area contributed by atoms with Gasteiger partial charge in [0, 0.05) is 37.0 Å². The lowest BCUT2D eigenvalue weighted by Gasteiger charge is -2.06. The number of aromatic carboxylic acids is 1. The number of carboxylic acid groups (broad SMARTS) is 1. The van der Waals surface area contributed by atoms with Gasteiger partial charge in [-0.2, -0.15) is 5.10 Å². The van der Waals surface area contributed by atoms with Gasteiger partial charge in [0.15, 0.2) is 5.69 Å². The van der Waals surface area contributed by atoms with Crippen LogP contribution in [0.2, 0.25) is 0 Å². The Morgan fingerprint density at radius 1 is 1.29 bits per heavy atom. The number of hydrogen-bond acceptors (Lipinski definition) is 4. The summed E-state index contributed by atoms with van der Waals surface area (Å²) in [6.45, 7) is 2.32. The number of amides is 1. The van der Waals surface area contributed by atoms with Gasteiger partial charge in [0.25, 0.3) is 5.91 Å². The van der Waals surface area contributed by atoms with E-state index in [4.69, 9.17) is 0 Å². The minimum atomic E-state index is -1.20. The second-order valence-corrected chi connectivity index (χ2v) is 5.00. The Morgan fingerprint density at radius 3 is 2.71 bits per heavy atom. The molecule has 1 amide bonds. The van der Waals surface area contributed by atoms with Crippen molar-refractivity contribution in [3.05, 3.63) is 60.4 Å². The maximum atomic E-state index is 12.4. The first-order valence-electron chi connectivity index (χ1n) is 7.30. The van der Waals surface area contributed by atoms with Crippen LogP contribution in [0.15, 0.2) is 49.1 Å². The molecule has 0 radical (unpaired) electrons. The Morgan fingerprint density at radius 2 is 2.04 bits per heavy atom. The van der Waals surface area contributed by atoms with Crippen LogP contribution in [0, 0.1) is 0 Å². The topological polar surface area (TPSA) is 102 Å². The average Bonchev–Trinajstić information content (AvgIpc) is 3.24. The lowest BCUT2D eigenvalue weighted by atomic mass is 10.3. The molecule has 3 aromatic heterocycles. The molecule has 0 aliphatic carbocycles. The van der Waals surface area contributed by atoms with Crippen LogP contribution in [-0.2, 0) is 6.54 Å². The van der Waals surface area contributed by atoms with Crippen molar-refractivity contribution in [3.63, 3.8) is 0 Å². The lowest BCUT2D eigenvalue weighted by molar-refractivity contribution is 0.0690. The molecule has 122 valence electrons. The van der Waals surface area contributed by atoms with Gasteiger partial charge in [0.05, 0.1) is 5.69 Å². The predicted molar refractivity (Wildman–Crippen MR) is 86.4 cm³/mol. The molecule has 0 aromatic carbocycles. The van der Waals surface area contributed by atoms with Crippen molar-refractivity contribution in [2.45, 2.75) is 13.5 Å². The number of aryl methyl sites for hydroxylation is 1. The number of rotatable bonds is 5. The smallest absolute Gasteiger partial charge is 0.358 e. The molecular weight excluding hydrogens is 310 g/mol. The first kappa shape index (κ1) is 15.5. The van der Waals surface area contributed by atoms with Crippen LogP contribution in [0.25, 0.3) is 5.69 Å². The summed E-state index contributed by atoms with van der Waals surface area (Å²) in [6, 6.07) is 7.14. The second kappa shape index (κ2) is 6.37. The maximum Gasteiger partial charge on any atom is 0.358 e. The molecule has 0 spiro atoms. The van der Waals surface area contributed by atoms with Crippen LogP contribution in [0.4, 0.5) is 5.69 Å². The number of anilines is 1. The highest BCUT2D eigenvalue weighted by molar-refractivity contribution is 6.06. The molecular formula is C16H15N5O3. The van der Waals surface area contributed by atoms with Gasteiger partial charge in [-0.15, -0.1) is 0 Å². The van der Waals surface area contributed by atoms with Crippen molar-refractivity contribution in [2.24, 2.45) is 0 Å². The lowest BCUT2D eigenvalue weighted by Crippen LogP contribution is -2.15. The van der Waals surface area contributed by atoms with Gasteiger partial charge in [0.1, 0.15) is 5.69 Å². The number of carboxylic acids is 1. The fraction of sp³-hybridized carbons (Fsp3) is 0.125. The summed E-state index contributed by atoms with van der Waals surface area (Å²) in [5.41, 5.74) is 0.902. The van der Waals surface area contributed by atoms with Crippen LogP contribution in [0.3, 0.4) is 0 Å². The highest BCUT2D eigenvalue weighted by Gasteiger charge is 2.19. The minimum Gasteiger partial charge on any atom is -0.476 e. The van der Waals surface area contributed by atoms with Gasteiger partial charge in [-0.05, 0) is 31.2 Å². The Balaban J connectivity index is 1.87. The third-order valence-electron chi connectivity index (χ3n) is 3.42. The van der Waals surface area contributed by atoms with Crippen LogP contribution >= 0.6 is 0 Å². The fourth-order valence-corrected chi connectivity index (χ4v) is 2.23. The van der Waals surface area contributed by atoms with E-state index in [1.54, 1.807) is 12.1 Å². The molecule has 0 saturated heterocycles. The van der Waals surface area contributed by atoms with Gasteiger partial charge < -0.3 is 15.0 Å². The van der Waals surface area contributed by atoms with E-state index in [1.165, 1.54) is 17.1 Å². The number of pyridine rings is 1. The third-order valence-corrected chi connectivity index (χ3v) is 3.42. The molecule has 3 aromatic rings. The second-order valence-electron chi connectivity index (χ2n) is 5.00. The van der Waals surface area contributed by atoms with E-state index >= 15 is 0 Å². The molecule has 24 heavy (non-hydrogen) atoms.